The van der Waals surface area contributed by atoms with Crippen LogP contribution in [-0.4, -0.2) is 19.5 Å². The van der Waals surface area contributed by atoms with Gasteiger partial charge < -0.3 is 9.88 Å². The third-order valence-corrected chi connectivity index (χ3v) is 5.65. The maximum Gasteiger partial charge on any atom is 0.165 e. The highest BCUT2D eigenvalue weighted by molar-refractivity contribution is 5.84. The van der Waals surface area contributed by atoms with Crippen LogP contribution >= 0.6 is 0 Å². The Morgan fingerprint density at radius 2 is 1.90 bits per heavy atom. The van der Waals surface area contributed by atoms with E-state index >= 15 is 0 Å². The summed E-state index contributed by atoms with van der Waals surface area (Å²) in [5.41, 5.74) is 9.50. The third kappa shape index (κ3) is 2.65. The van der Waals surface area contributed by atoms with Gasteiger partial charge in [-0.15, -0.1) is 0 Å². The highest BCUT2D eigenvalue weighted by Crippen LogP contribution is 2.48. The molecular weight excluding hydrogens is 358 g/mol. The Kier molecular flexibility index (Phi) is 4.16. The first-order valence-corrected chi connectivity index (χ1v) is 10.1. The number of anilines is 1. The van der Waals surface area contributed by atoms with Crippen LogP contribution in [0.4, 0.5) is 5.82 Å². The molecule has 5 nitrogen and oxygen atoms in total. The van der Waals surface area contributed by atoms with E-state index in [0.717, 1.165) is 29.1 Å². The second kappa shape index (κ2) is 6.85. The van der Waals surface area contributed by atoms with Crippen molar-refractivity contribution in [1.82, 2.24) is 19.5 Å². The highest BCUT2D eigenvalue weighted by Gasteiger charge is 2.34. The topological polar surface area (TPSA) is 55.6 Å². The fourth-order valence-corrected chi connectivity index (χ4v) is 4.37. The number of rotatable bonds is 2. The lowest BCUT2D eigenvalue weighted by Gasteiger charge is -2.37. The molecule has 0 saturated heterocycles. The van der Waals surface area contributed by atoms with E-state index in [0.29, 0.717) is 5.92 Å². The Balaban J connectivity index is 0.000000882. The molecule has 5 heteroatoms. The summed E-state index contributed by atoms with van der Waals surface area (Å²) in [6.07, 6.45) is 22.2. The Hall–Kier alpha value is -3.47. The fourth-order valence-electron chi connectivity index (χ4n) is 4.37. The van der Waals surface area contributed by atoms with Crippen molar-refractivity contribution in [2.75, 3.05) is 5.32 Å². The highest BCUT2D eigenvalue weighted by atomic mass is 15.1. The van der Waals surface area contributed by atoms with Gasteiger partial charge in [-0.1, -0.05) is 56.4 Å². The first-order valence-electron chi connectivity index (χ1n) is 10.1. The van der Waals surface area contributed by atoms with Gasteiger partial charge in [-0.2, -0.15) is 0 Å². The van der Waals surface area contributed by atoms with Crippen LogP contribution in [0.25, 0.3) is 11.2 Å². The summed E-state index contributed by atoms with van der Waals surface area (Å²) in [5, 5.41) is 3.52. The maximum absolute atomic E-state index is 4.46. The van der Waals surface area contributed by atoms with Crippen LogP contribution in [0.2, 0.25) is 0 Å². The van der Waals surface area contributed by atoms with Crippen LogP contribution in [0.1, 0.15) is 20.3 Å². The number of nitrogens with zero attached hydrogens (tertiary/aromatic N) is 4. The fraction of sp³-hybridized carbons (Fsp3) is 0.208. The molecule has 144 valence electrons. The Labute approximate surface area is 170 Å². The van der Waals surface area contributed by atoms with E-state index in [1.807, 2.05) is 25.5 Å². The van der Waals surface area contributed by atoms with Crippen molar-refractivity contribution in [2.45, 2.75) is 20.3 Å². The standard InChI is InChI=1S/C22H17N5.C2H6/c1-27-12-25-20-21(23-11-24-22(20)27)26-17-10-8-15-6-5-13-3-2-4-14-7-9-16(17)19(15)18(13)14;1-2/h2,4-12,19H,3H2,1H3,(H,23,24,26);1-2H3. The van der Waals surface area contributed by atoms with Gasteiger partial charge in [0.1, 0.15) is 6.33 Å². The minimum absolute atomic E-state index is 0.295. The molecule has 0 aromatic carbocycles. The van der Waals surface area contributed by atoms with Gasteiger partial charge >= 0.3 is 0 Å². The normalized spacial score (nSPS) is 20.9. The molecular formula is C24H23N5. The number of aromatic nitrogens is 4. The molecule has 0 fully saturated rings. The molecule has 6 rings (SSSR count). The smallest absolute Gasteiger partial charge is 0.165 e. The van der Waals surface area contributed by atoms with Crippen LogP contribution in [0.15, 0.2) is 94.8 Å². The number of allylic oxidation sites excluding steroid dienone is 13. The van der Waals surface area contributed by atoms with E-state index in [4.69, 9.17) is 0 Å². The molecule has 1 atom stereocenters. The largest absolute Gasteiger partial charge is 0.338 e. The molecule has 0 spiro atoms. The quantitative estimate of drug-likeness (QED) is 0.801. The number of imidazole rings is 1. The zero-order valence-electron chi connectivity index (χ0n) is 16.8. The monoisotopic (exact) mass is 381 g/mol. The summed E-state index contributed by atoms with van der Waals surface area (Å²) >= 11 is 0. The van der Waals surface area contributed by atoms with Crippen LogP contribution in [0, 0.1) is 5.92 Å². The van der Waals surface area contributed by atoms with Crippen LogP contribution in [-0.2, 0) is 7.05 Å². The summed E-state index contributed by atoms with van der Waals surface area (Å²) in [7, 11) is 1.94. The van der Waals surface area contributed by atoms with Crippen molar-refractivity contribution in [3.63, 3.8) is 0 Å². The first kappa shape index (κ1) is 17.6. The molecule has 1 unspecified atom stereocenters. The lowest BCUT2D eigenvalue weighted by molar-refractivity contribution is 0.821. The summed E-state index contributed by atoms with van der Waals surface area (Å²) in [5.74, 6) is 1.03. The molecule has 2 heterocycles. The predicted molar refractivity (Wildman–Crippen MR) is 117 cm³/mol. The molecule has 2 aromatic heterocycles. The zero-order valence-corrected chi connectivity index (χ0v) is 16.8. The third-order valence-electron chi connectivity index (χ3n) is 5.65. The van der Waals surface area contributed by atoms with Gasteiger partial charge in [0.25, 0.3) is 0 Å². The number of fused-ring (bicyclic) bond motifs is 1. The second-order valence-electron chi connectivity index (χ2n) is 7.18. The molecule has 2 aromatic rings. The van der Waals surface area contributed by atoms with Crippen LogP contribution in [0.5, 0.6) is 0 Å². The molecule has 4 aliphatic rings. The van der Waals surface area contributed by atoms with Crippen molar-refractivity contribution >= 4 is 17.0 Å². The lowest BCUT2D eigenvalue weighted by Crippen LogP contribution is -2.24. The Bertz CT molecular complexity index is 1230. The van der Waals surface area contributed by atoms with Gasteiger partial charge in [0.15, 0.2) is 17.0 Å². The van der Waals surface area contributed by atoms with E-state index in [-0.39, 0.29) is 0 Å². The SMILES string of the molecule is CC.Cn1cnc2c(NC3=CC=C4C=CC5=C6C(=CC=C3C46)C=CC5)ncnc21. The van der Waals surface area contributed by atoms with Crippen molar-refractivity contribution < 1.29 is 0 Å². The second-order valence-corrected chi connectivity index (χ2v) is 7.18. The number of hydrogen-bond donors (Lipinski definition) is 1. The van der Waals surface area contributed by atoms with Crippen molar-refractivity contribution in [3.05, 3.63) is 94.8 Å². The molecule has 0 aliphatic heterocycles. The minimum Gasteiger partial charge on any atom is -0.338 e. The van der Waals surface area contributed by atoms with Gasteiger partial charge in [-0.05, 0) is 40.4 Å². The molecule has 4 aliphatic carbocycles. The van der Waals surface area contributed by atoms with Crippen molar-refractivity contribution in [2.24, 2.45) is 13.0 Å². The molecule has 29 heavy (non-hydrogen) atoms. The van der Waals surface area contributed by atoms with E-state index in [9.17, 15) is 0 Å². The van der Waals surface area contributed by atoms with E-state index < -0.39 is 0 Å². The van der Waals surface area contributed by atoms with Crippen LogP contribution in [0.3, 0.4) is 0 Å². The lowest BCUT2D eigenvalue weighted by atomic mass is 9.68. The minimum atomic E-state index is 0.295. The van der Waals surface area contributed by atoms with Crippen molar-refractivity contribution in [1.29, 1.82) is 0 Å². The Morgan fingerprint density at radius 3 is 2.79 bits per heavy atom. The Morgan fingerprint density at radius 1 is 1.00 bits per heavy atom. The van der Waals surface area contributed by atoms with Gasteiger partial charge in [0.2, 0.25) is 0 Å². The molecule has 0 bridgehead atoms. The average molecular weight is 381 g/mol. The van der Waals surface area contributed by atoms with E-state index in [1.165, 1.54) is 27.9 Å². The van der Waals surface area contributed by atoms with Gasteiger partial charge in [-0.25, -0.2) is 15.0 Å². The molecule has 0 amide bonds. The number of aryl methyl sites for hydroxylation is 1. The van der Waals surface area contributed by atoms with E-state index in [2.05, 4.69) is 68.9 Å². The maximum atomic E-state index is 4.46. The van der Waals surface area contributed by atoms with Gasteiger partial charge in [0, 0.05) is 18.7 Å². The molecule has 1 N–H and O–H groups in total. The summed E-state index contributed by atoms with van der Waals surface area (Å²) < 4.78 is 1.90. The summed E-state index contributed by atoms with van der Waals surface area (Å²) in [6.45, 7) is 4.00. The number of hydrogen-bond acceptors (Lipinski definition) is 4. The molecule has 0 saturated carbocycles. The van der Waals surface area contributed by atoms with Gasteiger partial charge in [-0.3, -0.25) is 0 Å². The molecule has 0 radical (unpaired) electrons. The van der Waals surface area contributed by atoms with Crippen LogP contribution < -0.4 is 5.32 Å². The summed E-state index contributed by atoms with van der Waals surface area (Å²) in [6, 6.07) is 0. The average Bonchev–Trinajstić information content (AvgIpc) is 3.16. The predicted octanol–water partition coefficient (Wildman–Crippen LogP) is 4.93. The van der Waals surface area contributed by atoms with Crippen molar-refractivity contribution in [3.8, 4) is 0 Å². The summed E-state index contributed by atoms with van der Waals surface area (Å²) in [4.78, 5) is 13.2. The van der Waals surface area contributed by atoms with E-state index in [1.54, 1.807) is 12.7 Å². The first-order chi connectivity index (χ1) is 14.3. The van der Waals surface area contributed by atoms with Gasteiger partial charge in [0.05, 0.1) is 6.33 Å². The number of nitrogens with one attached hydrogen (secondary N) is 1. The zero-order chi connectivity index (χ0) is 20.0.